The lowest BCUT2D eigenvalue weighted by atomic mass is 9.83. The maximum absolute atomic E-state index is 6.76. The Bertz CT molecular complexity index is 956. The van der Waals surface area contributed by atoms with Crippen LogP contribution in [-0.2, 0) is 19.3 Å². The summed E-state index contributed by atoms with van der Waals surface area (Å²) in [4.78, 5) is 0. The monoisotopic (exact) mass is 426 g/mol. The number of benzene rings is 2. The number of hydrogen-bond acceptors (Lipinski definition) is 3. The Kier molecular flexibility index (Phi) is 5.25. The Hall–Kier alpha value is -1.87. The number of nitrogens with one attached hydrogen (secondary N) is 2. The molecular weight excluding hydrogens is 392 g/mol. The minimum absolute atomic E-state index is 0. The Morgan fingerprint density at radius 2 is 1.80 bits per heavy atom. The summed E-state index contributed by atoms with van der Waals surface area (Å²) in [5, 5.41) is 7.47. The highest BCUT2D eigenvalue weighted by Gasteiger charge is 2.43. The first-order valence-corrected chi connectivity index (χ1v) is 11.2. The van der Waals surface area contributed by atoms with Crippen molar-refractivity contribution in [3.63, 3.8) is 0 Å². The second kappa shape index (κ2) is 7.37. The second-order valence-electron chi connectivity index (χ2n) is 10.5. The van der Waals surface area contributed by atoms with Gasteiger partial charge in [0.1, 0.15) is 11.4 Å². The largest absolute Gasteiger partial charge is 0.487 e. The van der Waals surface area contributed by atoms with E-state index in [4.69, 9.17) is 4.74 Å². The van der Waals surface area contributed by atoms with E-state index >= 15 is 0 Å². The molecule has 4 heteroatoms. The number of anilines is 2. The molecule has 2 unspecified atom stereocenters. The van der Waals surface area contributed by atoms with Crippen molar-refractivity contribution >= 4 is 23.8 Å². The number of fused-ring (bicyclic) bond motifs is 4. The van der Waals surface area contributed by atoms with Crippen molar-refractivity contribution in [2.75, 3.05) is 17.2 Å². The smallest absolute Gasteiger partial charge is 0.127 e. The Balaban J connectivity index is 0.00000218. The third-order valence-electron chi connectivity index (χ3n) is 7.34. The van der Waals surface area contributed by atoms with Crippen LogP contribution in [0, 0.1) is 19.8 Å². The molecule has 3 heterocycles. The first kappa shape index (κ1) is 21.4. The number of rotatable bonds is 2. The predicted molar refractivity (Wildman–Crippen MR) is 129 cm³/mol. The molecule has 0 saturated carbocycles. The molecule has 30 heavy (non-hydrogen) atoms. The SMILES string of the molecule is Cc1c(C)c2c(c3c1NC(C)(C)C3)CC(C)(CC1CCc3ccccc3NC1)O2.Cl. The lowest BCUT2D eigenvalue weighted by molar-refractivity contribution is 0.0845. The molecule has 0 spiro atoms. The molecule has 0 bridgehead atoms. The summed E-state index contributed by atoms with van der Waals surface area (Å²) in [6.07, 6.45) is 5.61. The van der Waals surface area contributed by atoms with Crippen LogP contribution in [-0.4, -0.2) is 17.7 Å². The zero-order chi connectivity index (χ0) is 20.4. The van der Waals surface area contributed by atoms with Crippen LogP contribution in [0.25, 0.3) is 0 Å². The number of hydrogen-bond donors (Lipinski definition) is 2. The van der Waals surface area contributed by atoms with Gasteiger partial charge in [-0.2, -0.15) is 0 Å². The van der Waals surface area contributed by atoms with E-state index < -0.39 is 0 Å². The Morgan fingerprint density at radius 3 is 2.60 bits per heavy atom. The third-order valence-corrected chi connectivity index (χ3v) is 7.34. The summed E-state index contributed by atoms with van der Waals surface area (Å²) in [6.45, 7) is 12.5. The normalized spacial score (nSPS) is 25.6. The van der Waals surface area contributed by atoms with Crippen LogP contribution < -0.4 is 15.4 Å². The van der Waals surface area contributed by atoms with Gasteiger partial charge in [-0.25, -0.2) is 0 Å². The van der Waals surface area contributed by atoms with E-state index in [1.807, 2.05) is 0 Å². The standard InChI is InChI=1S/C26H34N2O.ClH/c1-16-17(2)24-21(20-13-25(3,4)28-23(16)20)14-26(5,29-24)12-18-10-11-19-8-6-7-9-22(19)27-15-18;/h6-9,18,27-28H,10-15H2,1-5H3;1H. The Labute approximate surface area is 187 Å². The van der Waals surface area contributed by atoms with E-state index in [1.54, 1.807) is 0 Å². The maximum atomic E-state index is 6.76. The molecule has 5 rings (SSSR count). The van der Waals surface area contributed by atoms with Crippen molar-refractivity contribution < 1.29 is 4.74 Å². The average molecular weight is 427 g/mol. The first-order chi connectivity index (χ1) is 13.7. The van der Waals surface area contributed by atoms with E-state index in [1.165, 1.54) is 51.4 Å². The van der Waals surface area contributed by atoms with Gasteiger partial charge in [0, 0.05) is 35.4 Å². The molecule has 2 aromatic rings. The minimum atomic E-state index is -0.107. The molecule has 2 aromatic carbocycles. The fraction of sp³-hybridized carbons (Fsp3) is 0.538. The second-order valence-corrected chi connectivity index (χ2v) is 10.5. The van der Waals surface area contributed by atoms with E-state index in [9.17, 15) is 0 Å². The summed E-state index contributed by atoms with van der Waals surface area (Å²) >= 11 is 0. The van der Waals surface area contributed by atoms with Crippen LogP contribution in [0.5, 0.6) is 5.75 Å². The number of halogens is 1. The molecule has 3 nitrogen and oxygen atoms in total. The van der Waals surface area contributed by atoms with Crippen LogP contribution in [0.3, 0.4) is 0 Å². The van der Waals surface area contributed by atoms with Crippen molar-refractivity contribution in [2.45, 2.75) is 77.9 Å². The van der Waals surface area contributed by atoms with Gasteiger partial charge in [0.2, 0.25) is 0 Å². The lowest BCUT2D eigenvalue weighted by Gasteiger charge is -2.29. The van der Waals surface area contributed by atoms with E-state index in [-0.39, 0.29) is 23.5 Å². The van der Waals surface area contributed by atoms with Crippen LogP contribution in [0.1, 0.15) is 61.4 Å². The molecule has 2 atom stereocenters. The van der Waals surface area contributed by atoms with Crippen molar-refractivity contribution in [3.8, 4) is 5.75 Å². The first-order valence-electron chi connectivity index (χ1n) is 11.2. The Morgan fingerprint density at radius 1 is 1.03 bits per heavy atom. The number of para-hydroxylation sites is 1. The van der Waals surface area contributed by atoms with Gasteiger partial charge in [-0.05, 0) is 94.5 Å². The molecular formula is C26H35ClN2O. The van der Waals surface area contributed by atoms with Gasteiger partial charge in [0.05, 0.1) is 0 Å². The lowest BCUT2D eigenvalue weighted by Crippen LogP contribution is -2.35. The van der Waals surface area contributed by atoms with Crippen LogP contribution in [0.4, 0.5) is 11.4 Å². The molecule has 3 aliphatic rings. The molecule has 3 aliphatic heterocycles. The van der Waals surface area contributed by atoms with Gasteiger partial charge >= 0.3 is 0 Å². The van der Waals surface area contributed by atoms with Gasteiger partial charge in [-0.15, -0.1) is 12.4 Å². The van der Waals surface area contributed by atoms with Crippen molar-refractivity contribution in [1.82, 2.24) is 0 Å². The highest BCUT2D eigenvalue weighted by atomic mass is 35.5. The van der Waals surface area contributed by atoms with E-state index in [2.05, 4.69) is 69.5 Å². The van der Waals surface area contributed by atoms with Gasteiger partial charge in [-0.1, -0.05) is 18.2 Å². The molecule has 0 saturated heterocycles. The summed E-state index contributed by atoms with van der Waals surface area (Å²) in [5.41, 5.74) is 9.80. The zero-order valence-electron chi connectivity index (χ0n) is 18.9. The summed E-state index contributed by atoms with van der Waals surface area (Å²) in [6, 6.07) is 8.76. The minimum Gasteiger partial charge on any atom is -0.487 e. The highest BCUT2D eigenvalue weighted by molar-refractivity contribution is 5.85. The van der Waals surface area contributed by atoms with Crippen LogP contribution in [0.2, 0.25) is 0 Å². The number of aryl methyl sites for hydroxylation is 1. The molecule has 0 fully saturated rings. The topological polar surface area (TPSA) is 33.3 Å². The van der Waals surface area contributed by atoms with Gasteiger partial charge < -0.3 is 15.4 Å². The van der Waals surface area contributed by atoms with Crippen LogP contribution >= 0.6 is 12.4 Å². The predicted octanol–water partition coefficient (Wildman–Crippen LogP) is 6.23. The van der Waals surface area contributed by atoms with Crippen molar-refractivity contribution in [1.29, 1.82) is 0 Å². The maximum Gasteiger partial charge on any atom is 0.127 e. The fourth-order valence-electron chi connectivity index (χ4n) is 5.79. The zero-order valence-corrected chi connectivity index (χ0v) is 19.8. The molecule has 0 radical (unpaired) electrons. The highest BCUT2D eigenvalue weighted by Crippen LogP contribution is 2.50. The molecule has 162 valence electrons. The van der Waals surface area contributed by atoms with E-state index in [0.717, 1.165) is 32.2 Å². The molecule has 2 N–H and O–H groups in total. The van der Waals surface area contributed by atoms with Gasteiger partial charge in [-0.3, -0.25) is 0 Å². The van der Waals surface area contributed by atoms with Crippen LogP contribution in [0.15, 0.2) is 24.3 Å². The summed E-state index contributed by atoms with van der Waals surface area (Å²) < 4.78 is 6.76. The summed E-state index contributed by atoms with van der Waals surface area (Å²) in [7, 11) is 0. The van der Waals surface area contributed by atoms with Crippen molar-refractivity contribution in [2.24, 2.45) is 5.92 Å². The van der Waals surface area contributed by atoms with Gasteiger partial charge in [0.15, 0.2) is 0 Å². The number of ether oxygens (including phenoxy) is 1. The third kappa shape index (κ3) is 3.56. The van der Waals surface area contributed by atoms with Gasteiger partial charge in [0.25, 0.3) is 0 Å². The fourth-order valence-corrected chi connectivity index (χ4v) is 5.79. The quantitative estimate of drug-likeness (QED) is 0.597. The molecule has 0 aliphatic carbocycles. The van der Waals surface area contributed by atoms with E-state index in [0.29, 0.717) is 5.92 Å². The average Bonchev–Trinajstić information content (AvgIpc) is 3.11. The molecule has 0 amide bonds. The van der Waals surface area contributed by atoms with Crippen molar-refractivity contribution in [3.05, 3.63) is 52.1 Å². The summed E-state index contributed by atoms with van der Waals surface area (Å²) in [5.74, 6) is 1.80. The molecule has 0 aromatic heterocycles.